The van der Waals surface area contributed by atoms with Crippen molar-refractivity contribution >= 4 is 29.2 Å². The molecule has 0 saturated carbocycles. The average molecular weight is 567 g/mol. The van der Waals surface area contributed by atoms with Crippen molar-refractivity contribution in [3.05, 3.63) is 59.9 Å². The summed E-state index contributed by atoms with van der Waals surface area (Å²) in [6, 6.07) is 12.3. The highest BCUT2D eigenvalue weighted by Crippen LogP contribution is 2.40. The van der Waals surface area contributed by atoms with Crippen molar-refractivity contribution < 1.29 is 33.1 Å². The number of carbonyl (C=O) groups is 3. The minimum Gasteiger partial charge on any atom is -0.497 e. The van der Waals surface area contributed by atoms with Crippen LogP contribution in [0.3, 0.4) is 0 Å². The molecule has 3 amide bonds. The van der Waals surface area contributed by atoms with Gasteiger partial charge in [0.2, 0.25) is 17.7 Å². The molecule has 0 unspecified atom stereocenters. The molecule has 220 valence electrons. The number of rotatable bonds is 13. The zero-order valence-corrected chi connectivity index (χ0v) is 24.6. The van der Waals surface area contributed by atoms with Gasteiger partial charge in [-0.15, -0.1) is 0 Å². The monoisotopic (exact) mass is 566 g/mol. The molecular formula is C30H38N4O7. The third kappa shape index (κ3) is 7.77. The molecule has 0 aliphatic carbocycles. The van der Waals surface area contributed by atoms with Crippen LogP contribution in [0.4, 0.5) is 11.5 Å². The van der Waals surface area contributed by atoms with Crippen LogP contribution in [0.25, 0.3) is 0 Å². The number of carbonyl (C=O) groups excluding carboxylic acids is 3. The smallest absolute Gasteiger partial charge is 0.248 e. The van der Waals surface area contributed by atoms with Crippen LogP contribution in [-0.4, -0.2) is 49.7 Å². The summed E-state index contributed by atoms with van der Waals surface area (Å²) in [6.07, 6.45) is 0.308. The van der Waals surface area contributed by atoms with Gasteiger partial charge >= 0.3 is 0 Å². The summed E-state index contributed by atoms with van der Waals surface area (Å²) in [5.74, 6) is 0.794. The Kier molecular flexibility index (Phi) is 10.3. The molecule has 1 atom stereocenters. The Morgan fingerprint density at radius 2 is 1.71 bits per heavy atom. The van der Waals surface area contributed by atoms with Crippen molar-refractivity contribution in [3.63, 3.8) is 0 Å². The highest BCUT2D eigenvalue weighted by molar-refractivity contribution is 6.03. The number of nitrogens with zero attached hydrogens (tertiary/aromatic N) is 2. The molecule has 1 heterocycles. The number of ether oxygens (including phenoxy) is 3. The number of hydrogen-bond donors (Lipinski definition) is 2. The SMILES string of the molecule is CCC(C)(C)NC(=O)[C@H](c1cccc(OC)c1OC)N(C(=O)CCC(=O)Nc1cc(C)on1)c1ccc(OC)cc1. The molecule has 0 spiro atoms. The molecule has 1 aromatic heterocycles. The number of aromatic nitrogens is 1. The van der Waals surface area contributed by atoms with E-state index >= 15 is 0 Å². The Bertz CT molecular complexity index is 1350. The normalized spacial score (nSPS) is 11.8. The summed E-state index contributed by atoms with van der Waals surface area (Å²) < 4.78 is 21.5. The van der Waals surface area contributed by atoms with Crippen molar-refractivity contribution in [1.29, 1.82) is 0 Å². The van der Waals surface area contributed by atoms with E-state index in [1.165, 1.54) is 26.2 Å². The van der Waals surface area contributed by atoms with Gasteiger partial charge in [0.05, 0.1) is 21.3 Å². The van der Waals surface area contributed by atoms with Gasteiger partial charge in [0.15, 0.2) is 17.3 Å². The van der Waals surface area contributed by atoms with Gasteiger partial charge in [-0.3, -0.25) is 19.3 Å². The fourth-order valence-corrected chi connectivity index (χ4v) is 4.17. The maximum absolute atomic E-state index is 14.1. The summed E-state index contributed by atoms with van der Waals surface area (Å²) in [4.78, 5) is 42.1. The van der Waals surface area contributed by atoms with E-state index < -0.39 is 29.3 Å². The molecule has 3 rings (SSSR count). The Hall–Kier alpha value is -4.54. The first-order valence-corrected chi connectivity index (χ1v) is 13.3. The lowest BCUT2D eigenvalue weighted by Gasteiger charge is -2.35. The molecular weight excluding hydrogens is 528 g/mol. The Morgan fingerprint density at radius 1 is 1.00 bits per heavy atom. The number of nitrogens with one attached hydrogen (secondary N) is 2. The summed E-state index contributed by atoms with van der Waals surface area (Å²) in [5, 5.41) is 9.45. The van der Waals surface area contributed by atoms with E-state index in [9.17, 15) is 14.4 Å². The molecule has 0 aliphatic heterocycles. The number of amides is 3. The molecule has 2 N–H and O–H groups in total. The average Bonchev–Trinajstić information content (AvgIpc) is 3.37. The topological polar surface area (TPSA) is 132 Å². The van der Waals surface area contributed by atoms with Gasteiger partial charge < -0.3 is 29.4 Å². The van der Waals surface area contributed by atoms with Gasteiger partial charge in [-0.1, -0.05) is 24.2 Å². The predicted molar refractivity (Wildman–Crippen MR) is 154 cm³/mol. The van der Waals surface area contributed by atoms with Crippen LogP contribution < -0.4 is 29.7 Å². The number of methoxy groups -OCH3 is 3. The van der Waals surface area contributed by atoms with Crippen LogP contribution in [0.5, 0.6) is 17.2 Å². The van der Waals surface area contributed by atoms with Crippen molar-refractivity contribution in [2.24, 2.45) is 0 Å². The second-order valence-corrected chi connectivity index (χ2v) is 10.0. The zero-order valence-electron chi connectivity index (χ0n) is 24.6. The van der Waals surface area contributed by atoms with E-state index in [-0.39, 0.29) is 18.7 Å². The minimum absolute atomic E-state index is 0.151. The summed E-state index contributed by atoms with van der Waals surface area (Å²) in [7, 11) is 4.51. The molecule has 0 aliphatic rings. The van der Waals surface area contributed by atoms with Gasteiger partial charge in [0, 0.05) is 35.7 Å². The Labute approximate surface area is 240 Å². The molecule has 0 saturated heterocycles. The van der Waals surface area contributed by atoms with Gasteiger partial charge in [0.1, 0.15) is 17.6 Å². The number of hydrogen-bond acceptors (Lipinski definition) is 8. The maximum atomic E-state index is 14.1. The van der Waals surface area contributed by atoms with Gasteiger partial charge in [-0.25, -0.2) is 0 Å². The van der Waals surface area contributed by atoms with Crippen LogP contribution in [0, 0.1) is 6.92 Å². The van der Waals surface area contributed by atoms with E-state index in [1.54, 1.807) is 55.5 Å². The molecule has 11 heteroatoms. The van der Waals surface area contributed by atoms with E-state index in [0.717, 1.165) is 0 Å². The lowest BCUT2D eigenvalue weighted by atomic mass is 9.97. The van der Waals surface area contributed by atoms with Crippen molar-refractivity contribution in [3.8, 4) is 17.2 Å². The number of para-hydroxylation sites is 1. The van der Waals surface area contributed by atoms with Crippen LogP contribution >= 0.6 is 0 Å². The first-order valence-electron chi connectivity index (χ1n) is 13.3. The second-order valence-electron chi connectivity index (χ2n) is 10.0. The lowest BCUT2D eigenvalue weighted by Crippen LogP contribution is -2.50. The van der Waals surface area contributed by atoms with Crippen LogP contribution in [-0.2, 0) is 14.4 Å². The third-order valence-electron chi connectivity index (χ3n) is 6.66. The van der Waals surface area contributed by atoms with Crippen molar-refractivity contribution in [2.45, 2.75) is 58.5 Å². The molecule has 0 radical (unpaired) electrons. The fourth-order valence-electron chi connectivity index (χ4n) is 4.17. The summed E-state index contributed by atoms with van der Waals surface area (Å²) in [5.41, 5.74) is 0.289. The largest absolute Gasteiger partial charge is 0.497 e. The van der Waals surface area contributed by atoms with E-state index in [1.807, 2.05) is 20.8 Å². The Morgan fingerprint density at radius 3 is 2.27 bits per heavy atom. The third-order valence-corrected chi connectivity index (χ3v) is 6.66. The van der Waals surface area contributed by atoms with Crippen LogP contribution in [0.2, 0.25) is 0 Å². The number of anilines is 2. The highest BCUT2D eigenvalue weighted by Gasteiger charge is 2.37. The highest BCUT2D eigenvalue weighted by atomic mass is 16.5. The molecule has 0 fully saturated rings. The van der Waals surface area contributed by atoms with Crippen LogP contribution in [0.15, 0.2) is 53.1 Å². The summed E-state index contributed by atoms with van der Waals surface area (Å²) in [6.45, 7) is 7.47. The first kappa shape index (κ1) is 31.0. The number of benzene rings is 2. The number of aryl methyl sites for hydroxylation is 1. The van der Waals surface area contributed by atoms with Crippen molar-refractivity contribution in [1.82, 2.24) is 10.5 Å². The molecule has 11 nitrogen and oxygen atoms in total. The summed E-state index contributed by atoms with van der Waals surface area (Å²) >= 11 is 0. The zero-order chi connectivity index (χ0) is 30.2. The molecule has 41 heavy (non-hydrogen) atoms. The molecule has 2 aromatic carbocycles. The Balaban J connectivity index is 2.08. The van der Waals surface area contributed by atoms with E-state index in [2.05, 4.69) is 15.8 Å². The second kappa shape index (κ2) is 13.7. The van der Waals surface area contributed by atoms with Gasteiger partial charge in [-0.2, -0.15) is 0 Å². The predicted octanol–water partition coefficient (Wildman–Crippen LogP) is 4.81. The quantitative estimate of drug-likeness (QED) is 0.301. The standard InChI is InChI=1S/C30H38N4O7/c1-8-30(3,4)32-29(37)27(22-10-9-11-23(39-6)28(22)40-7)34(20-12-14-21(38-5)15-13-20)26(36)17-16-25(35)31-24-18-19(2)41-33-24/h9-15,18,27H,8,16-17H2,1-7H3,(H,32,37)(H,31,33,35)/t27-/m0/s1. The molecule has 3 aromatic rings. The first-order chi connectivity index (χ1) is 19.5. The van der Waals surface area contributed by atoms with Crippen LogP contribution in [0.1, 0.15) is 57.4 Å². The van der Waals surface area contributed by atoms with E-state index in [4.69, 9.17) is 18.7 Å². The van der Waals surface area contributed by atoms with Crippen molar-refractivity contribution in [2.75, 3.05) is 31.5 Å². The fraction of sp³-hybridized carbons (Fsp3) is 0.400. The van der Waals surface area contributed by atoms with Gasteiger partial charge in [0.25, 0.3) is 0 Å². The molecule has 0 bridgehead atoms. The maximum Gasteiger partial charge on any atom is 0.248 e. The van der Waals surface area contributed by atoms with Gasteiger partial charge in [-0.05, 0) is 57.5 Å². The minimum atomic E-state index is -1.16. The lowest BCUT2D eigenvalue weighted by molar-refractivity contribution is -0.128. The van der Waals surface area contributed by atoms with E-state index in [0.29, 0.717) is 40.7 Å².